The van der Waals surface area contributed by atoms with Crippen molar-refractivity contribution < 1.29 is 12.4 Å². The molecule has 0 spiro atoms. The Kier molecular flexibility index (Phi) is 6.61. The zero-order valence-corrected chi connectivity index (χ0v) is 7.81. The fourth-order valence-corrected chi connectivity index (χ4v) is 0.144. The molecule has 0 atom stereocenters. The summed E-state index contributed by atoms with van der Waals surface area (Å²) in [5.74, 6) is 0. The number of carbonyl (C=O) groups excluding carboxylic acids is 1. The molecule has 0 aromatic carbocycles. The van der Waals surface area contributed by atoms with E-state index in [1.807, 2.05) is 20.8 Å². The Hall–Kier alpha value is 0.730. The smallest absolute Gasteiger partial charge is 1.00 e. The molecular weight excluding hydrogens is 132 g/mol. The molecule has 0 unspecified atom stereocenters. The Balaban J connectivity index is -0.0000000600. The SMILES string of the molecule is CC(C)(C)OC=O.[Ca+2].[H-].[H-]. The first-order valence-corrected chi connectivity index (χ1v) is 2.18. The van der Waals surface area contributed by atoms with Crippen molar-refractivity contribution in [1.29, 1.82) is 0 Å². The van der Waals surface area contributed by atoms with E-state index in [1.54, 1.807) is 0 Å². The van der Waals surface area contributed by atoms with Crippen molar-refractivity contribution in [2.24, 2.45) is 0 Å². The molecule has 0 aliphatic heterocycles. The Labute approximate surface area is 82.6 Å². The molecule has 0 fully saturated rings. The van der Waals surface area contributed by atoms with Crippen molar-refractivity contribution in [2.45, 2.75) is 26.4 Å². The first-order chi connectivity index (χ1) is 3.06. The second-order valence-electron chi connectivity index (χ2n) is 2.33. The van der Waals surface area contributed by atoms with Gasteiger partial charge in [-0.1, -0.05) is 0 Å². The van der Waals surface area contributed by atoms with Crippen LogP contribution >= 0.6 is 0 Å². The largest absolute Gasteiger partial charge is 2.00 e. The third-order valence-corrected chi connectivity index (χ3v) is 0.402. The molecule has 0 bridgehead atoms. The predicted molar refractivity (Wildman–Crippen MR) is 34.9 cm³/mol. The van der Waals surface area contributed by atoms with E-state index < -0.39 is 0 Å². The number of carbonyl (C=O) groups is 1. The second-order valence-corrected chi connectivity index (χ2v) is 2.33. The number of ether oxygens (including phenoxy) is 1. The summed E-state index contributed by atoms with van der Waals surface area (Å²) < 4.78 is 4.55. The summed E-state index contributed by atoms with van der Waals surface area (Å²) >= 11 is 0. The Bertz CT molecular complexity index is 72.5. The molecule has 0 rings (SSSR count). The van der Waals surface area contributed by atoms with Crippen LogP contribution < -0.4 is 0 Å². The van der Waals surface area contributed by atoms with Crippen molar-refractivity contribution in [3.05, 3.63) is 0 Å². The van der Waals surface area contributed by atoms with Crippen LogP contribution in [0.15, 0.2) is 0 Å². The van der Waals surface area contributed by atoms with E-state index in [9.17, 15) is 4.79 Å². The zero-order chi connectivity index (χ0) is 5.91. The molecule has 0 amide bonds. The summed E-state index contributed by atoms with van der Waals surface area (Å²) in [5.41, 5.74) is -0.318. The number of hydrogen-bond acceptors (Lipinski definition) is 2. The van der Waals surface area contributed by atoms with E-state index in [2.05, 4.69) is 4.74 Å². The summed E-state index contributed by atoms with van der Waals surface area (Å²) in [7, 11) is 0. The van der Waals surface area contributed by atoms with Gasteiger partial charge in [-0.2, -0.15) is 0 Å². The molecule has 3 heteroatoms. The van der Waals surface area contributed by atoms with E-state index in [1.165, 1.54) is 0 Å². The molecule has 0 heterocycles. The van der Waals surface area contributed by atoms with Gasteiger partial charge < -0.3 is 7.59 Å². The average Bonchev–Trinajstić information content (AvgIpc) is 1.30. The fraction of sp³-hybridized carbons (Fsp3) is 0.800. The van der Waals surface area contributed by atoms with Gasteiger partial charge in [0.1, 0.15) is 5.60 Å². The van der Waals surface area contributed by atoms with E-state index in [-0.39, 0.29) is 46.2 Å². The molecule has 0 aliphatic rings. The van der Waals surface area contributed by atoms with Crippen molar-refractivity contribution in [3.8, 4) is 0 Å². The topological polar surface area (TPSA) is 26.3 Å². The predicted octanol–water partition coefficient (Wildman–Crippen LogP) is 0.802. The minimum atomic E-state index is -0.318. The van der Waals surface area contributed by atoms with Crippen molar-refractivity contribution in [2.75, 3.05) is 0 Å². The maximum atomic E-state index is 9.60. The molecule has 0 saturated carbocycles. The molecule has 46 valence electrons. The quantitative estimate of drug-likeness (QED) is 0.402. The minimum absolute atomic E-state index is 0. The van der Waals surface area contributed by atoms with Gasteiger partial charge >= 0.3 is 37.7 Å². The minimum Gasteiger partial charge on any atom is -1.00 e. The molecule has 0 N–H and O–H groups in total. The van der Waals surface area contributed by atoms with Gasteiger partial charge in [0.25, 0.3) is 6.47 Å². The van der Waals surface area contributed by atoms with Crippen LogP contribution in [0.2, 0.25) is 0 Å². The molecule has 0 saturated heterocycles. The van der Waals surface area contributed by atoms with E-state index in [4.69, 9.17) is 0 Å². The summed E-state index contributed by atoms with van der Waals surface area (Å²) in [4.78, 5) is 9.60. The molecular formula is C5H12CaO2. The van der Waals surface area contributed by atoms with Gasteiger partial charge in [0.05, 0.1) is 0 Å². The first-order valence-electron chi connectivity index (χ1n) is 2.18. The standard InChI is InChI=1S/C5H10O2.Ca.2H/c1-5(2,3)7-4-6;;;/h4H,1-3H3;;;/q;+2;2*-1. The van der Waals surface area contributed by atoms with Crippen LogP contribution in [0.1, 0.15) is 23.6 Å². The van der Waals surface area contributed by atoms with Gasteiger partial charge in [0.2, 0.25) is 0 Å². The van der Waals surface area contributed by atoms with Crippen LogP contribution in [-0.4, -0.2) is 49.8 Å². The Morgan fingerprint density at radius 3 is 1.88 bits per heavy atom. The Morgan fingerprint density at radius 1 is 1.50 bits per heavy atom. The van der Waals surface area contributed by atoms with Crippen molar-refractivity contribution in [1.82, 2.24) is 0 Å². The van der Waals surface area contributed by atoms with Crippen LogP contribution in [0.4, 0.5) is 0 Å². The Morgan fingerprint density at radius 2 is 1.88 bits per heavy atom. The van der Waals surface area contributed by atoms with Crippen molar-refractivity contribution in [3.63, 3.8) is 0 Å². The number of rotatable bonds is 1. The van der Waals surface area contributed by atoms with E-state index in [0.29, 0.717) is 6.47 Å². The molecule has 8 heavy (non-hydrogen) atoms. The summed E-state index contributed by atoms with van der Waals surface area (Å²) in [5, 5.41) is 0. The maximum Gasteiger partial charge on any atom is 2.00 e. The van der Waals surface area contributed by atoms with Crippen LogP contribution in [0.3, 0.4) is 0 Å². The summed E-state index contributed by atoms with van der Waals surface area (Å²) in [6.07, 6.45) is 0. The third-order valence-electron chi connectivity index (χ3n) is 0.402. The summed E-state index contributed by atoms with van der Waals surface area (Å²) in [6.45, 7) is 5.92. The van der Waals surface area contributed by atoms with Crippen molar-refractivity contribution >= 4 is 44.2 Å². The van der Waals surface area contributed by atoms with Gasteiger partial charge in [0.15, 0.2) is 0 Å². The number of hydrogen-bond donors (Lipinski definition) is 0. The molecule has 0 radical (unpaired) electrons. The van der Waals surface area contributed by atoms with E-state index in [0.717, 1.165) is 0 Å². The second kappa shape index (κ2) is 4.59. The van der Waals surface area contributed by atoms with Crippen LogP contribution in [-0.2, 0) is 9.53 Å². The zero-order valence-electron chi connectivity index (χ0n) is 7.60. The molecule has 2 nitrogen and oxygen atoms in total. The van der Waals surface area contributed by atoms with Crippen LogP contribution in [0.25, 0.3) is 0 Å². The maximum absolute atomic E-state index is 9.60. The molecule has 0 aromatic rings. The van der Waals surface area contributed by atoms with Gasteiger partial charge in [0, 0.05) is 0 Å². The molecule has 0 aliphatic carbocycles. The third kappa shape index (κ3) is 9.88. The van der Waals surface area contributed by atoms with Gasteiger partial charge in [-0.05, 0) is 20.8 Å². The van der Waals surface area contributed by atoms with Crippen LogP contribution in [0.5, 0.6) is 0 Å². The summed E-state index contributed by atoms with van der Waals surface area (Å²) in [6, 6.07) is 0. The normalized spacial score (nSPS) is 9.38. The fourth-order valence-electron chi connectivity index (χ4n) is 0.144. The average molecular weight is 144 g/mol. The molecule has 0 aromatic heterocycles. The van der Waals surface area contributed by atoms with Crippen LogP contribution in [0, 0.1) is 0 Å². The monoisotopic (exact) mass is 144 g/mol. The van der Waals surface area contributed by atoms with Gasteiger partial charge in [-0.25, -0.2) is 0 Å². The van der Waals surface area contributed by atoms with Gasteiger partial charge in [-0.3, -0.25) is 4.79 Å². The van der Waals surface area contributed by atoms with Gasteiger partial charge in [-0.15, -0.1) is 0 Å². The first kappa shape index (κ1) is 11.5. The van der Waals surface area contributed by atoms with E-state index >= 15 is 0 Å².